The third-order valence-corrected chi connectivity index (χ3v) is 5.74. The number of hydrogen-bond donors (Lipinski definition) is 1. The smallest absolute Gasteiger partial charge is 0.255 e. The molecule has 0 unspecified atom stereocenters. The first-order valence-electron chi connectivity index (χ1n) is 10.4. The molecule has 0 aromatic heterocycles. The molecule has 1 N–H and O–H groups in total. The summed E-state index contributed by atoms with van der Waals surface area (Å²) in [6.45, 7) is 4.19. The van der Waals surface area contributed by atoms with Gasteiger partial charge >= 0.3 is 0 Å². The molecule has 1 aliphatic heterocycles. The van der Waals surface area contributed by atoms with Crippen LogP contribution in [0.3, 0.4) is 0 Å². The van der Waals surface area contributed by atoms with Crippen molar-refractivity contribution in [2.75, 3.05) is 26.6 Å². The summed E-state index contributed by atoms with van der Waals surface area (Å²) in [6.07, 6.45) is 3.20. The molecular weight excluding hydrogens is 396 g/mol. The number of carbonyl (C=O) groups is 2. The fourth-order valence-electron chi connectivity index (χ4n) is 4.08. The molecule has 1 saturated heterocycles. The summed E-state index contributed by atoms with van der Waals surface area (Å²) in [7, 11) is 4.51. The number of nitrogens with one attached hydrogen (secondary N) is 1. The van der Waals surface area contributed by atoms with Crippen LogP contribution >= 0.6 is 0 Å². The molecule has 7 nitrogen and oxygen atoms in total. The van der Waals surface area contributed by atoms with Crippen molar-refractivity contribution in [3.63, 3.8) is 0 Å². The second-order valence-electron chi connectivity index (χ2n) is 7.79. The van der Waals surface area contributed by atoms with Gasteiger partial charge in [0.15, 0.2) is 11.5 Å². The maximum absolute atomic E-state index is 13.0. The number of piperidine rings is 1. The van der Waals surface area contributed by atoms with Crippen molar-refractivity contribution >= 4 is 17.5 Å². The van der Waals surface area contributed by atoms with E-state index in [1.165, 1.54) is 21.3 Å². The number of anilines is 1. The van der Waals surface area contributed by atoms with Crippen molar-refractivity contribution < 1.29 is 23.8 Å². The predicted molar refractivity (Wildman–Crippen MR) is 119 cm³/mol. The Morgan fingerprint density at radius 3 is 1.90 bits per heavy atom. The van der Waals surface area contributed by atoms with Gasteiger partial charge < -0.3 is 24.4 Å². The number of benzene rings is 2. The van der Waals surface area contributed by atoms with E-state index in [9.17, 15) is 9.59 Å². The molecule has 31 heavy (non-hydrogen) atoms. The lowest BCUT2D eigenvalue weighted by atomic mass is 9.96. The highest BCUT2D eigenvalue weighted by molar-refractivity contribution is 6.05. The number of carbonyl (C=O) groups excluding carboxylic acids is 2. The Balaban J connectivity index is 1.75. The molecule has 0 saturated carbocycles. The molecule has 3 rings (SSSR count). The average Bonchev–Trinajstić information content (AvgIpc) is 2.78. The van der Waals surface area contributed by atoms with Gasteiger partial charge in [-0.05, 0) is 69.5 Å². The molecule has 0 radical (unpaired) electrons. The summed E-state index contributed by atoms with van der Waals surface area (Å²) in [4.78, 5) is 27.7. The monoisotopic (exact) mass is 426 g/mol. The fraction of sp³-hybridized carbons (Fsp3) is 0.417. The summed E-state index contributed by atoms with van der Waals surface area (Å²) in [5.74, 6) is 0.930. The quantitative estimate of drug-likeness (QED) is 0.742. The Hall–Kier alpha value is -3.22. The summed E-state index contributed by atoms with van der Waals surface area (Å²) >= 11 is 0. The second kappa shape index (κ2) is 9.73. The van der Waals surface area contributed by atoms with Gasteiger partial charge in [-0.15, -0.1) is 0 Å². The number of ether oxygens (including phenoxy) is 3. The van der Waals surface area contributed by atoms with Crippen molar-refractivity contribution in [2.45, 2.75) is 45.2 Å². The van der Waals surface area contributed by atoms with Crippen LogP contribution in [-0.2, 0) is 0 Å². The lowest BCUT2D eigenvalue weighted by Crippen LogP contribution is -2.47. The molecular formula is C24H30N2O5. The van der Waals surface area contributed by atoms with Gasteiger partial charge in [-0.3, -0.25) is 9.59 Å². The molecule has 1 fully saturated rings. The van der Waals surface area contributed by atoms with Crippen molar-refractivity contribution in [3.8, 4) is 17.2 Å². The van der Waals surface area contributed by atoms with E-state index in [-0.39, 0.29) is 23.9 Å². The molecule has 0 aliphatic carbocycles. The van der Waals surface area contributed by atoms with Crippen LogP contribution in [-0.4, -0.2) is 50.1 Å². The minimum atomic E-state index is -0.323. The highest BCUT2D eigenvalue weighted by atomic mass is 16.5. The van der Waals surface area contributed by atoms with E-state index in [0.29, 0.717) is 34.1 Å². The molecule has 2 aromatic rings. The lowest BCUT2D eigenvalue weighted by Gasteiger charge is -2.39. The molecule has 2 aromatic carbocycles. The first-order chi connectivity index (χ1) is 14.9. The van der Waals surface area contributed by atoms with E-state index >= 15 is 0 Å². The van der Waals surface area contributed by atoms with Gasteiger partial charge in [0, 0.05) is 28.9 Å². The van der Waals surface area contributed by atoms with Crippen LogP contribution in [0, 0.1) is 0 Å². The van der Waals surface area contributed by atoms with E-state index in [2.05, 4.69) is 19.2 Å². The number of hydrogen-bond acceptors (Lipinski definition) is 5. The van der Waals surface area contributed by atoms with Crippen LogP contribution in [0.15, 0.2) is 36.4 Å². The molecule has 2 atom stereocenters. The second-order valence-corrected chi connectivity index (χ2v) is 7.79. The van der Waals surface area contributed by atoms with E-state index in [0.717, 1.165) is 19.3 Å². The van der Waals surface area contributed by atoms with Crippen LogP contribution in [0.2, 0.25) is 0 Å². The van der Waals surface area contributed by atoms with Gasteiger partial charge in [0.05, 0.1) is 21.3 Å². The topological polar surface area (TPSA) is 77.1 Å². The van der Waals surface area contributed by atoms with Crippen molar-refractivity contribution in [2.24, 2.45) is 0 Å². The van der Waals surface area contributed by atoms with Gasteiger partial charge in [-0.25, -0.2) is 0 Å². The van der Waals surface area contributed by atoms with Gasteiger partial charge in [-0.2, -0.15) is 0 Å². The van der Waals surface area contributed by atoms with E-state index < -0.39 is 0 Å². The molecule has 1 heterocycles. The third kappa shape index (κ3) is 4.76. The van der Waals surface area contributed by atoms with Gasteiger partial charge in [0.2, 0.25) is 5.75 Å². The lowest BCUT2D eigenvalue weighted by molar-refractivity contribution is 0.0510. The highest BCUT2D eigenvalue weighted by Gasteiger charge is 2.29. The normalized spacial score (nSPS) is 18.3. The van der Waals surface area contributed by atoms with Gasteiger partial charge in [-0.1, -0.05) is 0 Å². The van der Waals surface area contributed by atoms with E-state index in [4.69, 9.17) is 14.2 Å². The van der Waals surface area contributed by atoms with Crippen molar-refractivity contribution in [1.29, 1.82) is 0 Å². The first kappa shape index (κ1) is 22.5. The maximum atomic E-state index is 13.0. The van der Waals surface area contributed by atoms with Crippen LogP contribution in [0.1, 0.15) is 53.8 Å². The number of rotatable bonds is 6. The Bertz CT molecular complexity index is 906. The van der Waals surface area contributed by atoms with Crippen LogP contribution in [0.4, 0.5) is 5.69 Å². The summed E-state index contributed by atoms with van der Waals surface area (Å²) < 4.78 is 15.9. The number of nitrogens with zero attached hydrogens (tertiary/aromatic N) is 1. The zero-order valence-electron chi connectivity index (χ0n) is 18.7. The zero-order valence-corrected chi connectivity index (χ0v) is 18.7. The Morgan fingerprint density at radius 2 is 1.42 bits per heavy atom. The number of amides is 2. The average molecular weight is 427 g/mol. The number of methoxy groups -OCH3 is 3. The molecule has 1 aliphatic rings. The maximum Gasteiger partial charge on any atom is 0.255 e. The molecule has 7 heteroatoms. The SMILES string of the molecule is COc1cc(C(=O)Nc2ccc(C(=O)N3[C@@H](C)CCC[C@@H]3C)cc2)cc(OC)c1OC. The highest BCUT2D eigenvalue weighted by Crippen LogP contribution is 2.38. The number of likely N-dealkylation sites (tertiary alicyclic amines) is 1. The van der Waals surface area contributed by atoms with Crippen molar-refractivity contribution in [1.82, 2.24) is 4.90 Å². The largest absolute Gasteiger partial charge is 0.493 e. The summed E-state index contributed by atoms with van der Waals surface area (Å²) in [5.41, 5.74) is 1.58. The third-order valence-electron chi connectivity index (χ3n) is 5.74. The van der Waals surface area contributed by atoms with Crippen LogP contribution in [0.25, 0.3) is 0 Å². The minimum Gasteiger partial charge on any atom is -0.493 e. The van der Waals surface area contributed by atoms with Gasteiger partial charge in [0.25, 0.3) is 11.8 Å². The first-order valence-corrected chi connectivity index (χ1v) is 10.4. The predicted octanol–water partition coefficient (Wildman–Crippen LogP) is 4.37. The van der Waals surface area contributed by atoms with Gasteiger partial charge in [0.1, 0.15) is 0 Å². The molecule has 2 amide bonds. The van der Waals surface area contributed by atoms with Crippen LogP contribution < -0.4 is 19.5 Å². The molecule has 0 spiro atoms. The van der Waals surface area contributed by atoms with E-state index in [1.54, 1.807) is 36.4 Å². The molecule has 166 valence electrons. The Kier molecular flexibility index (Phi) is 7.05. The standard InChI is InChI=1S/C24H30N2O5/c1-15-7-6-8-16(2)26(15)24(28)17-9-11-19(12-10-17)25-23(27)18-13-20(29-3)22(31-5)21(14-18)30-4/h9-16H,6-8H2,1-5H3,(H,25,27)/t15-,16-/m0/s1. The Morgan fingerprint density at radius 1 is 0.871 bits per heavy atom. The minimum absolute atomic E-state index is 0.0298. The summed E-state index contributed by atoms with van der Waals surface area (Å²) in [5, 5.41) is 2.85. The molecule has 0 bridgehead atoms. The van der Waals surface area contributed by atoms with E-state index in [1.807, 2.05) is 4.90 Å². The fourth-order valence-corrected chi connectivity index (χ4v) is 4.08. The Labute approximate surface area is 183 Å². The zero-order chi connectivity index (χ0) is 22.5. The van der Waals surface area contributed by atoms with Crippen molar-refractivity contribution in [3.05, 3.63) is 47.5 Å². The van der Waals surface area contributed by atoms with Crippen LogP contribution in [0.5, 0.6) is 17.2 Å². The summed E-state index contributed by atoms with van der Waals surface area (Å²) in [6, 6.07) is 10.6.